The molecule has 0 aromatic heterocycles. The minimum atomic E-state index is -0.339. The second-order valence-corrected chi connectivity index (χ2v) is 8.71. The third-order valence-corrected chi connectivity index (χ3v) is 6.33. The summed E-state index contributed by atoms with van der Waals surface area (Å²) in [6.07, 6.45) is 0.443. The first-order valence-electron chi connectivity index (χ1n) is 11.6. The first-order chi connectivity index (χ1) is 16.6. The van der Waals surface area contributed by atoms with Gasteiger partial charge >= 0.3 is 0 Å². The molecule has 1 unspecified atom stereocenters. The summed E-state index contributed by atoms with van der Waals surface area (Å²) in [5.74, 6) is 1.48. The van der Waals surface area contributed by atoms with Crippen LogP contribution in [0.25, 0.3) is 0 Å². The van der Waals surface area contributed by atoms with Crippen LogP contribution in [0.5, 0.6) is 17.2 Å². The van der Waals surface area contributed by atoms with Crippen LogP contribution in [0.1, 0.15) is 23.7 Å². The summed E-state index contributed by atoms with van der Waals surface area (Å²) in [4.78, 5) is 4.86. The number of hydrogen-bond acceptors (Lipinski definition) is 5. The minimum absolute atomic E-state index is 0.283. The van der Waals surface area contributed by atoms with Crippen molar-refractivity contribution in [1.82, 2.24) is 9.80 Å². The maximum Gasteiger partial charge on any atom is 0.231 e. The number of benzene rings is 3. The van der Waals surface area contributed by atoms with Crippen molar-refractivity contribution < 1.29 is 23.0 Å². The Kier molecular flexibility index (Phi) is 6.92. The van der Waals surface area contributed by atoms with E-state index in [-0.39, 0.29) is 17.7 Å². The fourth-order valence-corrected chi connectivity index (χ4v) is 4.44. The van der Waals surface area contributed by atoms with Gasteiger partial charge in [0.1, 0.15) is 23.5 Å². The van der Waals surface area contributed by atoms with Crippen molar-refractivity contribution >= 4 is 0 Å². The lowest BCUT2D eigenvalue weighted by molar-refractivity contribution is 0.106. The molecule has 1 atom stereocenters. The minimum Gasteiger partial charge on any atom is -0.486 e. The van der Waals surface area contributed by atoms with Gasteiger partial charge in [0.25, 0.3) is 0 Å². The quantitative estimate of drug-likeness (QED) is 0.466. The number of halogens is 2. The van der Waals surface area contributed by atoms with Gasteiger partial charge < -0.3 is 19.1 Å². The maximum absolute atomic E-state index is 13.7. The van der Waals surface area contributed by atoms with Crippen molar-refractivity contribution in [3.63, 3.8) is 0 Å². The van der Waals surface area contributed by atoms with E-state index in [9.17, 15) is 8.78 Å². The smallest absolute Gasteiger partial charge is 0.231 e. The Balaban J connectivity index is 1.15. The fourth-order valence-electron chi connectivity index (χ4n) is 4.44. The lowest BCUT2D eigenvalue weighted by Crippen LogP contribution is -2.46. The van der Waals surface area contributed by atoms with Crippen molar-refractivity contribution in [2.24, 2.45) is 0 Å². The molecule has 178 valence electrons. The molecule has 3 aromatic carbocycles. The number of fused-ring (bicyclic) bond motifs is 1. The largest absolute Gasteiger partial charge is 0.486 e. The molecule has 2 aliphatic heterocycles. The van der Waals surface area contributed by atoms with E-state index < -0.39 is 0 Å². The van der Waals surface area contributed by atoms with Gasteiger partial charge in [-0.2, -0.15) is 0 Å². The van der Waals surface area contributed by atoms with E-state index in [1.807, 2.05) is 6.07 Å². The SMILES string of the molecule is Fc1ccc(C(CCN2CCN(Cc3ccc4c(c3)OCO4)CC2)Oc2cccc(F)c2)cc1. The molecular formula is C27H28F2N2O3. The van der Waals surface area contributed by atoms with Gasteiger partial charge in [-0.25, -0.2) is 8.78 Å². The lowest BCUT2D eigenvalue weighted by atomic mass is 10.1. The van der Waals surface area contributed by atoms with E-state index in [4.69, 9.17) is 14.2 Å². The van der Waals surface area contributed by atoms with Crippen molar-refractivity contribution in [2.75, 3.05) is 39.5 Å². The van der Waals surface area contributed by atoms with Gasteiger partial charge in [-0.3, -0.25) is 4.90 Å². The molecule has 0 amide bonds. The van der Waals surface area contributed by atoms with Gasteiger partial charge in [0, 0.05) is 51.8 Å². The van der Waals surface area contributed by atoms with Crippen molar-refractivity contribution in [1.29, 1.82) is 0 Å². The van der Waals surface area contributed by atoms with Gasteiger partial charge in [-0.05, 0) is 47.5 Å². The Hall–Kier alpha value is -3.16. The predicted octanol–water partition coefficient (Wildman–Crippen LogP) is 5.02. The topological polar surface area (TPSA) is 34.2 Å². The summed E-state index contributed by atoms with van der Waals surface area (Å²) < 4.78 is 44.1. The predicted molar refractivity (Wildman–Crippen MR) is 125 cm³/mol. The molecule has 5 nitrogen and oxygen atoms in total. The Labute approximate surface area is 198 Å². The molecule has 5 rings (SSSR count). The zero-order valence-electron chi connectivity index (χ0n) is 19.0. The highest BCUT2D eigenvalue weighted by atomic mass is 19.1. The molecule has 0 aliphatic carbocycles. The molecule has 1 fully saturated rings. The van der Waals surface area contributed by atoms with Crippen LogP contribution in [0, 0.1) is 11.6 Å². The summed E-state index contributed by atoms with van der Waals surface area (Å²) in [6.45, 7) is 5.88. The van der Waals surface area contributed by atoms with E-state index in [0.29, 0.717) is 12.5 Å². The Bertz CT molecular complexity index is 1100. The van der Waals surface area contributed by atoms with Crippen LogP contribution in [0.4, 0.5) is 8.78 Å². The average Bonchev–Trinajstić information content (AvgIpc) is 3.31. The van der Waals surface area contributed by atoms with Gasteiger partial charge in [0.05, 0.1) is 0 Å². The van der Waals surface area contributed by atoms with E-state index in [0.717, 1.165) is 62.8 Å². The molecule has 0 radical (unpaired) electrons. The number of ether oxygens (including phenoxy) is 3. The Morgan fingerprint density at radius 3 is 2.35 bits per heavy atom. The summed E-state index contributed by atoms with van der Waals surface area (Å²) in [6, 6.07) is 18.6. The van der Waals surface area contributed by atoms with Gasteiger partial charge in [0.2, 0.25) is 6.79 Å². The first-order valence-corrected chi connectivity index (χ1v) is 11.6. The molecule has 0 bridgehead atoms. The standard InChI is InChI=1S/C27H28F2N2O3/c28-22-7-5-21(6-8-22)25(34-24-3-1-2-23(29)17-24)10-11-30-12-14-31(15-13-30)18-20-4-9-26-27(16-20)33-19-32-26/h1-9,16-17,25H,10-15,18-19H2. The van der Waals surface area contributed by atoms with E-state index in [2.05, 4.69) is 21.9 Å². The number of nitrogens with zero attached hydrogens (tertiary/aromatic N) is 2. The molecule has 3 aromatic rings. The third-order valence-electron chi connectivity index (χ3n) is 6.33. The van der Waals surface area contributed by atoms with Crippen LogP contribution in [0.3, 0.4) is 0 Å². The molecule has 0 spiro atoms. The van der Waals surface area contributed by atoms with Crippen LogP contribution >= 0.6 is 0 Å². The highest BCUT2D eigenvalue weighted by Gasteiger charge is 2.21. The summed E-state index contributed by atoms with van der Waals surface area (Å²) >= 11 is 0. The number of piperazine rings is 1. The summed E-state index contributed by atoms with van der Waals surface area (Å²) in [5, 5.41) is 0. The Morgan fingerprint density at radius 2 is 1.56 bits per heavy atom. The van der Waals surface area contributed by atoms with Crippen molar-refractivity contribution in [3.8, 4) is 17.2 Å². The second kappa shape index (κ2) is 10.4. The van der Waals surface area contributed by atoms with Crippen LogP contribution in [0.15, 0.2) is 66.7 Å². The first kappa shape index (κ1) is 22.6. The Morgan fingerprint density at radius 1 is 0.794 bits per heavy atom. The van der Waals surface area contributed by atoms with Gasteiger partial charge in [0.15, 0.2) is 11.5 Å². The van der Waals surface area contributed by atoms with Gasteiger partial charge in [-0.1, -0.05) is 24.3 Å². The highest BCUT2D eigenvalue weighted by molar-refractivity contribution is 5.44. The average molecular weight is 467 g/mol. The zero-order chi connectivity index (χ0) is 23.3. The van der Waals surface area contributed by atoms with Crippen LogP contribution in [0.2, 0.25) is 0 Å². The van der Waals surface area contributed by atoms with Crippen molar-refractivity contribution in [2.45, 2.75) is 19.1 Å². The van der Waals surface area contributed by atoms with Crippen LogP contribution < -0.4 is 14.2 Å². The molecule has 2 aliphatic rings. The molecule has 2 heterocycles. The van der Waals surface area contributed by atoms with E-state index in [1.165, 1.54) is 29.8 Å². The lowest BCUT2D eigenvalue weighted by Gasteiger charge is -2.35. The van der Waals surface area contributed by atoms with Gasteiger partial charge in [-0.15, -0.1) is 0 Å². The summed E-state index contributed by atoms with van der Waals surface area (Å²) in [7, 11) is 0. The van der Waals surface area contributed by atoms with Crippen LogP contribution in [-0.4, -0.2) is 49.3 Å². The molecule has 1 saturated heterocycles. The fraction of sp³-hybridized carbons (Fsp3) is 0.333. The van der Waals surface area contributed by atoms with Crippen LogP contribution in [-0.2, 0) is 6.54 Å². The molecule has 0 N–H and O–H groups in total. The monoisotopic (exact) mass is 466 g/mol. The number of hydrogen-bond donors (Lipinski definition) is 0. The molecular weight excluding hydrogens is 438 g/mol. The second-order valence-electron chi connectivity index (χ2n) is 8.71. The third kappa shape index (κ3) is 5.66. The van der Waals surface area contributed by atoms with E-state index >= 15 is 0 Å². The molecule has 34 heavy (non-hydrogen) atoms. The zero-order valence-corrected chi connectivity index (χ0v) is 19.0. The van der Waals surface area contributed by atoms with E-state index in [1.54, 1.807) is 24.3 Å². The summed E-state index contributed by atoms with van der Waals surface area (Å²) in [5.41, 5.74) is 2.10. The molecule has 0 saturated carbocycles. The highest BCUT2D eigenvalue weighted by Crippen LogP contribution is 2.33. The normalized spacial score (nSPS) is 17.0. The maximum atomic E-state index is 13.7. The number of rotatable bonds is 8. The molecule has 7 heteroatoms. The van der Waals surface area contributed by atoms with Crippen molar-refractivity contribution in [3.05, 3.63) is 89.5 Å².